The molecule has 0 aliphatic carbocycles. The van der Waals surface area contributed by atoms with E-state index in [4.69, 9.17) is 4.18 Å². The van der Waals surface area contributed by atoms with E-state index in [0.717, 1.165) is 6.26 Å². The van der Waals surface area contributed by atoms with Crippen molar-refractivity contribution in [3.05, 3.63) is 12.7 Å². The number of rotatable bonds is 5. The molecule has 4 heteroatoms. The van der Waals surface area contributed by atoms with E-state index in [2.05, 4.69) is 6.58 Å². The molecule has 0 radical (unpaired) electrons. The van der Waals surface area contributed by atoms with Gasteiger partial charge in [-0.15, -0.1) is 6.58 Å². The lowest BCUT2D eigenvalue weighted by molar-refractivity contribution is 0.169. The summed E-state index contributed by atoms with van der Waals surface area (Å²) >= 11 is 0. The Bertz CT molecular complexity index is 231. The van der Waals surface area contributed by atoms with Gasteiger partial charge in [0.15, 0.2) is 0 Å². The van der Waals surface area contributed by atoms with Gasteiger partial charge in [-0.05, 0) is 6.42 Å². The predicted molar refractivity (Wildman–Crippen MR) is 49.4 cm³/mol. The van der Waals surface area contributed by atoms with Crippen molar-refractivity contribution in [2.45, 2.75) is 26.4 Å². The average Bonchev–Trinajstić information content (AvgIpc) is 1.97. The highest BCUT2D eigenvalue weighted by Crippen LogP contribution is 2.13. The van der Waals surface area contributed by atoms with E-state index in [0.29, 0.717) is 6.42 Å². The summed E-state index contributed by atoms with van der Waals surface area (Å²) in [5.74, 6) is 0.0599. The quantitative estimate of drug-likeness (QED) is 0.490. The summed E-state index contributed by atoms with van der Waals surface area (Å²) in [5.41, 5.74) is 0. The van der Waals surface area contributed by atoms with Gasteiger partial charge in [-0.25, -0.2) is 0 Å². The maximum atomic E-state index is 10.8. The van der Waals surface area contributed by atoms with Crippen molar-refractivity contribution in [2.75, 3.05) is 6.26 Å². The summed E-state index contributed by atoms with van der Waals surface area (Å²) in [6.45, 7) is 7.35. The van der Waals surface area contributed by atoms with Crippen LogP contribution in [0.3, 0.4) is 0 Å². The molecule has 0 aliphatic heterocycles. The highest BCUT2D eigenvalue weighted by molar-refractivity contribution is 7.86. The fraction of sp³-hybridized carbons (Fsp3) is 0.750. The van der Waals surface area contributed by atoms with E-state index in [1.54, 1.807) is 6.08 Å². The molecule has 0 fully saturated rings. The Morgan fingerprint density at radius 3 is 2.33 bits per heavy atom. The standard InChI is InChI=1S/C8H16O3S/c1-5-7(3)8(6-2)11-12(4,9)10/h5,7-8H,1,6H2,2-4H3/t7-,8+/m1/s1. The zero-order chi connectivity index (χ0) is 9.78. The lowest BCUT2D eigenvalue weighted by Gasteiger charge is -2.18. The second-order valence-corrected chi connectivity index (χ2v) is 4.44. The Hall–Kier alpha value is -0.350. The Morgan fingerprint density at radius 1 is 1.58 bits per heavy atom. The van der Waals surface area contributed by atoms with Crippen LogP contribution in [0, 0.1) is 5.92 Å². The topological polar surface area (TPSA) is 43.4 Å². The van der Waals surface area contributed by atoms with Crippen LogP contribution in [0.2, 0.25) is 0 Å². The van der Waals surface area contributed by atoms with Gasteiger partial charge in [-0.2, -0.15) is 8.42 Å². The van der Waals surface area contributed by atoms with Gasteiger partial charge >= 0.3 is 0 Å². The third-order valence-corrected chi connectivity index (χ3v) is 2.26. The van der Waals surface area contributed by atoms with Crippen molar-refractivity contribution >= 4 is 10.1 Å². The minimum Gasteiger partial charge on any atom is -0.266 e. The molecule has 0 saturated heterocycles. The molecule has 0 bridgehead atoms. The Morgan fingerprint density at radius 2 is 2.08 bits per heavy atom. The second-order valence-electron chi connectivity index (χ2n) is 2.84. The Labute approximate surface area is 74.6 Å². The summed E-state index contributed by atoms with van der Waals surface area (Å²) in [5, 5.41) is 0. The van der Waals surface area contributed by atoms with Gasteiger partial charge in [0.2, 0.25) is 0 Å². The van der Waals surface area contributed by atoms with Crippen molar-refractivity contribution < 1.29 is 12.6 Å². The molecule has 0 spiro atoms. The molecule has 0 aromatic carbocycles. The minimum atomic E-state index is -3.34. The molecular weight excluding hydrogens is 176 g/mol. The lowest BCUT2D eigenvalue weighted by Crippen LogP contribution is -2.22. The summed E-state index contributed by atoms with van der Waals surface area (Å²) in [6, 6.07) is 0. The number of hydrogen-bond acceptors (Lipinski definition) is 3. The smallest absolute Gasteiger partial charge is 0.264 e. The van der Waals surface area contributed by atoms with Crippen LogP contribution in [0.5, 0.6) is 0 Å². The van der Waals surface area contributed by atoms with Gasteiger partial charge in [-0.3, -0.25) is 4.18 Å². The highest BCUT2D eigenvalue weighted by Gasteiger charge is 2.17. The zero-order valence-electron chi connectivity index (χ0n) is 7.78. The van der Waals surface area contributed by atoms with Crippen molar-refractivity contribution in [1.29, 1.82) is 0 Å². The minimum absolute atomic E-state index is 0.0599. The normalized spacial score (nSPS) is 16.9. The molecule has 0 aromatic rings. The van der Waals surface area contributed by atoms with Gasteiger partial charge < -0.3 is 0 Å². The van der Waals surface area contributed by atoms with Crippen LogP contribution in [0.15, 0.2) is 12.7 Å². The number of hydrogen-bond donors (Lipinski definition) is 0. The van der Waals surface area contributed by atoms with Crippen molar-refractivity contribution in [3.8, 4) is 0 Å². The van der Waals surface area contributed by atoms with E-state index >= 15 is 0 Å². The van der Waals surface area contributed by atoms with Crippen LogP contribution in [0.1, 0.15) is 20.3 Å². The van der Waals surface area contributed by atoms with Gasteiger partial charge in [0.1, 0.15) is 0 Å². The highest BCUT2D eigenvalue weighted by atomic mass is 32.2. The molecule has 0 N–H and O–H groups in total. The summed E-state index contributed by atoms with van der Waals surface area (Å²) in [4.78, 5) is 0. The molecule has 72 valence electrons. The van der Waals surface area contributed by atoms with Crippen LogP contribution in [-0.2, 0) is 14.3 Å². The first-order valence-electron chi connectivity index (χ1n) is 3.91. The van der Waals surface area contributed by atoms with Gasteiger partial charge in [0.05, 0.1) is 12.4 Å². The first-order valence-corrected chi connectivity index (χ1v) is 5.73. The van der Waals surface area contributed by atoms with Crippen LogP contribution < -0.4 is 0 Å². The molecule has 0 unspecified atom stereocenters. The fourth-order valence-electron chi connectivity index (χ4n) is 0.904. The molecule has 0 amide bonds. The summed E-state index contributed by atoms with van der Waals surface area (Å²) in [7, 11) is -3.34. The van der Waals surface area contributed by atoms with Gasteiger partial charge in [0, 0.05) is 5.92 Å². The third kappa shape index (κ3) is 4.51. The van der Waals surface area contributed by atoms with Crippen LogP contribution >= 0.6 is 0 Å². The van der Waals surface area contributed by atoms with Crippen molar-refractivity contribution in [1.82, 2.24) is 0 Å². The van der Waals surface area contributed by atoms with Crippen LogP contribution in [0.4, 0.5) is 0 Å². The summed E-state index contributed by atoms with van der Waals surface area (Å²) < 4.78 is 26.4. The lowest BCUT2D eigenvalue weighted by atomic mass is 10.0. The van der Waals surface area contributed by atoms with E-state index in [1.165, 1.54) is 0 Å². The molecule has 3 nitrogen and oxygen atoms in total. The molecular formula is C8H16O3S. The van der Waals surface area contributed by atoms with Crippen LogP contribution in [0.25, 0.3) is 0 Å². The first kappa shape index (κ1) is 11.6. The van der Waals surface area contributed by atoms with Crippen LogP contribution in [-0.4, -0.2) is 20.8 Å². The van der Waals surface area contributed by atoms with Crippen molar-refractivity contribution in [3.63, 3.8) is 0 Å². The molecule has 0 aromatic heterocycles. The molecule has 0 aliphatic rings. The van der Waals surface area contributed by atoms with Crippen molar-refractivity contribution in [2.24, 2.45) is 5.92 Å². The molecule has 0 heterocycles. The largest absolute Gasteiger partial charge is 0.266 e. The molecule has 0 saturated carbocycles. The average molecular weight is 192 g/mol. The zero-order valence-corrected chi connectivity index (χ0v) is 8.60. The van der Waals surface area contributed by atoms with E-state index < -0.39 is 10.1 Å². The van der Waals surface area contributed by atoms with Gasteiger partial charge in [-0.1, -0.05) is 19.9 Å². The van der Waals surface area contributed by atoms with Gasteiger partial charge in [0.25, 0.3) is 10.1 Å². The third-order valence-electron chi connectivity index (χ3n) is 1.66. The van der Waals surface area contributed by atoms with E-state index in [9.17, 15) is 8.42 Å². The summed E-state index contributed by atoms with van der Waals surface area (Å²) in [6.07, 6.45) is 3.14. The Balaban J connectivity index is 4.28. The molecule has 0 rings (SSSR count). The molecule has 2 atom stereocenters. The first-order chi connectivity index (χ1) is 5.40. The predicted octanol–water partition coefficient (Wildman–Crippen LogP) is 1.56. The second kappa shape index (κ2) is 4.62. The van der Waals surface area contributed by atoms with E-state index in [1.807, 2.05) is 13.8 Å². The fourth-order valence-corrected chi connectivity index (χ4v) is 1.66. The van der Waals surface area contributed by atoms with E-state index in [-0.39, 0.29) is 12.0 Å². The Kier molecular flexibility index (Phi) is 4.49. The monoisotopic (exact) mass is 192 g/mol. The SMILES string of the molecule is C=C[C@@H](C)[C@H](CC)OS(C)(=O)=O. The molecule has 12 heavy (non-hydrogen) atoms. The maximum Gasteiger partial charge on any atom is 0.264 e. The maximum absolute atomic E-state index is 10.8.